The maximum atomic E-state index is 12.8. The van der Waals surface area contributed by atoms with Gasteiger partial charge in [-0.1, -0.05) is 12.7 Å². The maximum absolute atomic E-state index is 12.8. The topological polar surface area (TPSA) is 124 Å². The van der Waals surface area contributed by atoms with Crippen molar-refractivity contribution in [2.24, 2.45) is 5.73 Å². The molecule has 1 aliphatic carbocycles. The van der Waals surface area contributed by atoms with Gasteiger partial charge in [-0.25, -0.2) is 0 Å². The van der Waals surface area contributed by atoms with Gasteiger partial charge in [0, 0.05) is 11.3 Å². The van der Waals surface area contributed by atoms with Gasteiger partial charge in [-0.15, -0.1) is 0 Å². The Kier molecular flexibility index (Phi) is 6.01. The van der Waals surface area contributed by atoms with Gasteiger partial charge in [-0.05, 0) is 49.1 Å². The first-order chi connectivity index (χ1) is 13.9. The Labute approximate surface area is 167 Å². The Morgan fingerprint density at radius 1 is 1.34 bits per heavy atom. The molecule has 1 aliphatic rings. The molecule has 1 aromatic carbocycles. The van der Waals surface area contributed by atoms with Crippen molar-refractivity contribution in [2.45, 2.75) is 25.3 Å². The number of aromatic amines is 1. The third kappa shape index (κ3) is 4.31. The minimum atomic E-state index is -0.801. The first-order valence-corrected chi connectivity index (χ1v) is 9.23. The molecule has 8 nitrogen and oxygen atoms in total. The lowest BCUT2D eigenvalue weighted by Gasteiger charge is -2.26. The normalized spacial score (nSPS) is 15.1. The molecule has 2 amide bonds. The standard InChI is InChI=1S/C21H23N3O5/c1-3-9-29-17-8-7-12(10-18(17)28-2)20(26)23-15-5-4-6-16-13(15)11-14(19(22)25)21(27)24-16/h3,7-8,10-11,15H,1,4-6,9H2,2H3,(H2,22,25)(H,23,26)(H,24,27). The number of fused-ring (bicyclic) bond motifs is 1. The van der Waals surface area contributed by atoms with E-state index < -0.39 is 11.5 Å². The Balaban J connectivity index is 1.85. The minimum Gasteiger partial charge on any atom is -0.493 e. The first-order valence-electron chi connectivity index (χ1n) is 9.23. The number of primary amides is 1. The molecule has 0 saturated heterocycles. The summed E-state index contributed by atoms with van der Waals surface area (Å²) in [5.41, 5.74) is 6.48. The fourth-order valence-corrected chi connectivity index (χ4v) is 3.39. The molecule has 1 heterocycles. The van der Waals surface area contributed by atoms with Crippen LogP contribution in [0, 0.1) is 0 Å². The van der Waals surface area contributed by atoms with Gasteiger partial charge in [0.25, 0.3) is 17.4 Å². The summed E-state index contributed by atoms with van der Waals surface area (Å²) in [6.07, 6.45) is 3.76. The van der Waals surface area contributed by atoms with Crippen molar-refractivity contribution in [2.75, 3.05) is 13.7 Å². The van der Waals surface area contributed by atoms with Gasteiger partial charge >= 0.3 is 0 Å². The molecular weight excluding hydrogens is 374 g/mol. The van der Waals surface area contributed by atoms with Crippen molar-refractivity contribution in [3.05, 3.63) is 69.7 Å². The van der Waals surface area contributed by atoms with Crippen molar-refractivity contribution in [1.29, 1.82) is 0 Å². The number of pyridine rings is 1. The largest absolute Gasteiger partial charge is 0.493 e. The molecule has 0 bridgehead atoms. The van der Waals surface area contributed by atoms with Crippen LogP contribution >= 0.6 is 0 Å². The van der Waals surface area contributed by atoms with E-state index in [1.807, 2.05) is 0 Å². The number of aromatic nitrogens is 1. The number of hydrogen-bond donors (Lipinski definition) is 3. The molecular formula is C21H23N3O5. The third-order valence-corrected chi connectivity index (χ3v) is 4.81. The summed E-state index contributed by atoms with van der Waals surface area (Å²) < 4.78 is 10.8. The summed E-state index contributed by atoms with van der Waals surface area (Å²) in [4.78, 5) is 39.0. The highest BCUT2D eigenvalue weighted by Gasteiger charge is 2.25. The highest BCUT2D eigenvalue weighted by atomic mass is 16.5. The lowest BCUT2D eigenvalue weighted by Crippen LogP contribution is -2.34. The van der Waals surface area contributed by atoms with Gasteiger partial charge in [-0.2, -0.15) is 0 Å². The number of amides is 2. The molecule has 1 atom stereocenters. The molecule has 0 aliphatic heterocycles. The minimum absolute atomic E-state index is 0.115. The van der Waals surface area contributed by atoms with Crippen molar-refractivity contribution in [1.82, 2.24) is 10.3 Å². The van der Waals surface area contributed by atoms with Crippen LogP contribution in [0.3, 0.4) is 0 Å². The van der Waals surface area contributed by atoms with Crippen LogP contribution in [0.4, 0.5) is 0 Å². The van der Waals surface area contributed by atoms with Gasteiger partial charge in [0.15, 0.2) is 11.5 Å². The van der Waals surface area contributed by atoms with Crippen molar-refractivity contribution < 1.29 is 19.1 Å². The van der Waals surface area contributed by atoms with Crippen LogP contribution < -0.4 is 26.1 Å². The lowest BCUT2D eigenvalue weighted by atomic mass is 9.90. The van der Waals surface area contributed by atoms with E-state index in [9.17, 15) is 14.4 Å². The van der Waals surface area contributed by atoms with Gasteiger partial charge < -0.3 is 25.5 Å². The van der Waals surface area contributed by atoms with Crippen molar-refractivity contribution in [3.8, 4) is 11.5 Å². The van der Waals surface area contributed by atoms with Crippen LogP contribution in [0.15, 0.2) is 41.7 Å². The molecule has 0 spiro atoms. The molecule has 8 heteroatoms. The molecule has 0 fully saturated rings. The Bertz CT molecular complexity index is 1010. The number of carbonyl (C=O) groups excluding carboxylic acids is 2. The highest BCUT2D eigenvalue weighted by molar-refractivity contribution is 5.95. The zero-order valence-corrected chi connectivity index (χ0v) is 16.1. The maximum Gasteiger partial charge on any atom is 0.261 e. The van der Waals surface area contributed by atoms with Gasteiger partial charge in [0.1, 0.15) is 12.2 Å². The molecule has 2 aromatic rings. The van der Waals surface area contributed by atoms with E-state index in [2.05, 4.69) is 16.9 Å². The zero-order chi connectivity index (χ0) is 21.0. The number of hydrogen-bond acceptors (Lipinski definition) is 5. The molecule has 0 radical (unpaired) electrons. The first kappa shape index (κ1) is 20.2. The smallest absolute Gasteiger partial charge is 0.261 e. The van der Waals surface area contributed by atoms with Gasteiger partial charge in [0.2, 0.25) is 0 Å². The van der Waals surface area contributed by atoms with Crippen molar-refractivity contribution in [3.63, 3.8) is 0 Å². The van der Waals surface area contributed by atoms with Crippen LogP contribution in [-0.2, 0) is 6.42 Å². The Hall–Kier alpha value is -3.55. The van der Waals surface area contributed by atoms with Crippen molar-refractivity contribution >= 4 is 11.8 Å². The second-order valence-corrected chi connectivity index (χ2v) is 6.69. The summed E-state index contributed by atoms with van der Waals surface area (Å²) >= 11 is 0. The summed E-state index contributed by atoms with van der Waals surface area (Å²) in [6.45, 7) is 3.92. The van der Waals surface area contributed by atoms with Crippen LogP contribution in [0.2, 0.25) is 0 Å². The number of methoxy groups -OCH3 is 1. The zero-order valence-electron chi connectivity index (χ0n) is 16.1. The average molecular weight is 397 g/mol. The summed E-state index contributed by atoms with van der Waals surface area (Å²) in [5, 5.41) is 2.97. The quantitative estimate of drug-likeness (QED) is 0.615. The average Bonchev–Trinajstić information content (AvgIpc) is 2.71. The van der Waals surface area contributed by atoms with Crippen LogP contribution in [0.5, 0.6) is 11.5 Å². The molecule has 1 aromatic heterocycles. The number of H-pyrrole nitrogens is 1. The lowest BCUT2D eigenvalue weighted by molar-refractivity contribution is 0.0932. The van der Waals surface area contributed by atoms with Crippen LogP contribution in [0.25, 0.3) is 0 Å². The third-order valence-electron chi connectivity index (χ3n) is 4.81. The van der Waals surface area contributed by atoms with E-state index >= 15 is 0 Å². The number of nitrogens with one attached hydrogen (secondary N) is 2. The van der Waals surface area contributed by atoms with E-state index in [4.69, 9.17) is 15.2 Å². The van der Waals surface area contributed by atoms with E-state index in [1.54, 1.807) is 24.3 Å². The highest BCUT2D eigenvalue weighted by Crippen LogP contribution is 2.30. The summed E-state index contributed by atoms with van der Waals surface area (Å²) in [6, 6.07) is 6.03. The van der Waals surface area contributed by atoms with E-state index in [-0.39, 0.29) is 17.5 Å². The molecule has 4 N–H and O–H groups in total. The SMILES string of the molecule is C=CCOc1ccc(C(=O)NC2CCCc3[nH]c(=O)c(C(N)=O)cc32)cc1OC. The fourth-order valence-electron chi connectivity index (χ4n) is 3.39. The van der Waals surface area contributed by atoms with E-state index in [0.29, 0.717) is 47.8 Å². The summed E-state index contributed by atoms with van der Waals surface area (Å²) in [7, 11) is 1.50. The monoisotopic (exact) mass is 397 g/mol. The predicted molar refractivity (Wildman–Crippen MR) is 107 cm³/mol. The number of aryl methyl sites for hydroxylation is 1. The van der Waals surface area contributed by atoms with Gasteiger partial charge in [-0.3, -0.25) is 14.4 Å². The van der Waals surface area contributed by atoms with E-state index in [1.165, 1.54) is 13.2 Å². The second kappa shape index (κ2) is 8.64. The number of benzene rings is 1. The second-order valence-electron chi connectivity index (χ2n) is 6.69. The number of carbonyl (C=O) groups is 2. The number of ether oxygens (including phenoxy) is 2. The van der Waals surface area contributed by atoms with E-state index in [0.717, 1.165) is 6.42 Å². The molecule has 152 valence electrons. The number of nitrogens with two attached hydrogens (primary N) is 1. The molecule has 0 saturated carbocycles. The number of rotatable bonds is 7. The summed E-state index contributed by atoms with van der Waals surface area (Å²) in [5.74, 6) is -0.160. The Morgan fingerprint density at radius 2 is 2.14 bits per heavy atom. The molecule has 29 heavy (non-hydrogen) atoms. The Morgan fingerprint density at radius 3 is 2.83 bits per heavy atom. The van der Waals surface area contributed by atoms with Crippen LogP contribution in [0.1, 0.15) is 50.9 Å². The predicted octanol–water partition coefficient (Wildman–Crippen LogP) is 1.85. The van der Waals surface area contributed by atoms with Gasteiger partial charge in [0.05, 0.1) is 13.2 Å². The molecule has 3 rings (SSSR count). The fraction of sp³-hybridized carbons (Fsp3) is 0.286. The van der Waals surface area contributed by atoms with Crippen LogP contribution in [-0.4, -0.2) is 30.5 Å². The molecule has 1 unspecified atom stereocenters.